The number of hydrogen-bond donors (Lipinski definition) is 2. The monoisotopic (exact) mass is 461 g/mol. The van der Waals surface area contributed by atoms with Crippen LogP contribution in [0.4, 0.5) is 17.1 Å². The zero-order chi connectivity index (χ0) is 23.6. The Balaban J connectivity index is 1.34. The molecule has 7 heteroatoms. The number of para-hydroxylation sites is 2. The summed E-state index contributed by atoms with van der Waals surface area (Å²) in [4.78, 5) is 21.7. The molecule has 0 amide bonds. The molecule has 0 atom stereocenters. The first-order valence-corrected chi connectivity index (χ1v) is 11.9. The molecule has 35 heavy (non-hydrogen) atoms. The standard InChI is InChI=1S/C28H27N7/c1-34-14-16-35(17-15-34)27-11-8-21(28-32-23-4-2-3-5-24(23)33-28)18-25(27)31-22-9-6-20(7-10-22)26-19-29-12-13-30-26/h2-13,18-19,31H,14-17H2,1H3,(H,32,33). The number of benzene rings is 3. The summed E-state index contributed by atoms with van der Waals surface area (Å²) >= 11 is 0. The summed E-state index contributed by atoms with van der Waals surface area (Å²) in [6.45, 7) is 4.11. The van der Waals surface area contributed by atoms with Crippen molar-refractivity contribution in [2.45, 2.75) is 0 Å². The van der Waals surface area contributed by atoms with E-state index in [2.05, 4.69) is 85.6 Å². The van der Waals surface area contributed by atoms with Crippen LogP contribution in [0.25, 0.3) is 33.7 Å². The minimum Gasteiger partial charge on any atom is -0.367 e. The summed E-state index contributed by atoms with van der Waals surface area (Å²) in [5.41, 5.74) is 8.27. The van der Waals surface area contributed by atoms with Crippen LogP contribution >= 0.6 is 0 Å². The Kier molecular flexibility index (Phi) is 5.60. The van der Waals surface area contributed by atoms with E-state index in [0.717, 1.165) is 71.2 Å². The average molecular weight is 462 g/mol. The Hall–Kier alpha value is -4.23. The van der Waals surface area contributed by atoms with Gasteiger partial charge >= 0.3 is 0 Å². The Morgan fingerprint density at radius 3 is 2.43 bits per heavy atom. The maximum absolute atomic E-state index is 4.81. The second-order valence-electron chi connectivity index (χ2n) is 8.92. The van der Waals surface area contributed by atoms with E-state index >= 15 is 0 Å². The molecule has 0 radical (unpaired) electrons. The summed E-state index contributed by atoms with van der Waals surface area (Å²) in [7, 11) is 2.18. The van der Waals surface area contributed by atoms with Gasteiger partial charge in [-0.25, -0.2) is 4.98 Å². The van der Waals surface area contributed by atoms with Gasteiger partial charge in [0.2, 0.25) is 0 Å². The van der Waals surface area contributed by atoms with Crippen LogP contribution in [-0.4, -0.2) is 58.1 Å². The summed E-state index contributed by atoms with van der Waals surface area (Å²) in [5, 5.41) is 3.67. The van der Waals surface area contributed by atoms with E-state index in [9.17, 15) is 0 Å². The van der Waals surface area contributed by atoms with Crippen molar-refractivity contribution < 1.29 is 0 Å². The molecule has 1 saturated heterocycles. The molecule has 6 rings (SSSR count). The second-order valence-corrected chi connectivity index (χ2v) is 8.92. The summed E-state index contributed by atoms with van der Waals surface area (Å²) in [5.74, 6) is 0.872. The van der Waals surface area contributed by atoms with E-state index < -0.39 is 0 Å². The number of piperazine rings is 1. The minimum atomic E-state index is 0.865. The number of aromatic amines is 1. The highest BCUT2D eigenvalue weighted by Gasteiger charge is 2.18. The predicted molar refractivity (Wildman–Crippen MR) is 142 cm³/mol. The number of imidazole rings is 1. The molecule has 0 saturated carbocycles. The van der Waals surface area contributed by atoms with Gasteiger partial charge in [-0.05, 0) is 49.5 Å². The van der Waals surface area contributed by atoms with Crippen LogP contribution in [0.2, 0.25) is 0 Å². The molecule has 0 spiro atoms. The number of nitrogens with one attached hydrogen (secondary N) is 2. The molecule has 2 N–H and O–H groups in total. The van der Waals surface area contributed by atoms with Crippen molar-refractivity contribution in [2.24, 2.45) is 0 Å². The lowest BCUT2D eigenvalue weighted by Crippen LogP contribution is -2.44. The van der Waals surface area contributed by atoms with Crippen molar-refractivity contribution in [1.29, 1.82) is 0 Å². The lowest BCUT2D eigenvalue weighted by Gasteiger charge is -2.35. The quantitative estimate of drug-likeness (QED) is 0.376. The normalized spacial score (nSPS) is 14.4. The average Bonchev–Trinajstić information content (AvgIpc) is 3.35. The van der Waals surface area contributed by atoms with Crippen LogP contribution in [0.15, 0.2) is 85.3 Å². The summed E-state index contributed by atoms with van der Waals surface area (Å²) in [6, 6.07) is 23.0. The number of H-pyrrole nitrogens is 1. The zero-order valence-corrected chi connectivity index (χ0v) is 19.6. The number of anilines is 3. The van der Waals surface area contributed by atoms with Gasteiger partial charge in [0, 0.05) is 55.4 Å². The molecule has 0 bridgehead atoms. The van der Waals surface area contributed by atoms with Gasteiger partial charge in [0.05, 0.1) is 34.3 Å². The fourth-order valence-electron chi connectivity index (χ4n) is 4.52. The zero-order valence-electron chi connectivity index (χ0n) is 19.6. The van der Waals surface area contributed by atoms with E-state index in [1.807, 2.05) is 18.2 Å². The Morgan fingerprint density at radius 2 is 1.66 bits per heavy atom. The number of aromatic nitrogens is 4. The first kappa shape index (κ1) is 21.3. The Morgan fingerprint density at radius 1 is 0.857 bits per heavy atom. The van der Waals surface area contributed by atoms with Crippen molar-refractivity contribution in [3.63, 3.8) is 0 Å². The topological polar surface area (TPSA) is 73.0 Å². The Labute approximate surface area is 204 Å². The second kappa shape index (κ2) is 9.19. The first-order chi connectivity index (χ1) is 17.2. The molecular formula is C28H27N7. The third-order valence-corrected chi connectivity index (χ3v) is 6.53. The molecule has 7 nitrogen and oxygen atoms in total. The van der Waals surface area contributed by atoms with Crippen molar-refractivity contribution in [3.05, 3.63) is 85.3 Å². The van der Waals surface area contributed by atoms with Crippen molar-refractivity contribution in [3.8, 4) is 22.6 Å². The molecule has 3 heterocycles. The molecule has 0 aliphatic carbocycles. The van der Waals surface area contributed by atoms with Gasteiger partial charge in [-0.3, -0.25) is 9.97 Å². The highest BCUT2D eigenvalue weighted by atomic mass is 15.3. The van der Waals surface area contributed by atoms with Gasteiger partial charge in [-0.2, -0.15) is 0 Å². The number of nitrogens with zero attached hydrogens (tertiary/aromatic N) is 5. The predicted octanol–water partition coefficient (Wildman–Crippen LogP) is 5.18. The highest BCUT2D eigenvalue weighted by molar-refractivity contribution is 5.84. The molecule has 0 unspecified atom stereocenters. The molecule has 1 fully saturated rings. The van der Waals surface area contributed by atoms with Gasteiger partial charge in [-0.1, -0.05) is 24.3 Å². The summed E-state index contributed by atoms with van der Waals surface area (Å²) < 4.78 is 0. The molecule has 3 aromatic carbocycles. The SMILES string of the molecule is CN1CCN(c2ccc(-c3nc4ccccc4[nH]3)cc2Nc2ccc(-c3cnccn3)cc2)CC1. The number of rotatable bonds is 5. The lowest BCUT2D eigenvalue weighted by molar-refractivity contribution is 0.313. The lowest BCUT2D eigenvalue weighted by atomic mass is 10.1. The largest absolute Gasteiger partial charge is 0.367 e. The van der Waals surface area contributed by atoms with E-state index in [1.165, 1.54) is 5.69 Å². The highest BCUT2D eigenvalue weighted by Crippen LogP contribution is 2.34. The minimum absolute atomic E-state index is 0.865. The van der Waals surface area contributed by atoms with Crippen LogP contribution < -0.4 is 10.2 Å². The van der Waals surface area contributed by atoms with Crippen LogP contribution in [0.1, 0.15) is 0 Å². The number of likely N-dealkylation sites (N-methyl/N-ethyl adjacent to an activating group) is 1. The van der Waals surface area contributed by atoms with E-state index in [0.29, 0.717) is 0 Å². The number of fused-ring (bicyclic) bond motifs is 1. The molecule has 1 aliphatic heterocycles. The molecule has 1 aliphatic rings. The molecule has 174 valence electrons. The number of hydrogen-bond acceptors (Lipinski definition) is 6. The first-order valence-electron chi connectivity index (χ1n) is 11.9. The van der Waals surface area contributed by atoms with Crippen molar-refractivity contribution in [2.75, 3.05) is 43.4 Å². The van der Waals surface area contributed by atoms with Crippen LogP contribution in [-0.2, 0) is 0 Å². The smallest absolute Gasteiger partial charge is 0.138 e. The van der Waals surface area contributed by atoms with E-state index in [-0.39, 0.29) is 0 Å². The fraction of sp³-hybridized carbons (Fsp3) is 0.179. The third-order valence-electron chi connectivity index (χ3n) is 6.53. The maximum Gasteiger partial charge on any atom is 0.138 e. The van der Waals surface area contributed by atoms with Gasteiger partial charge in [-0.15, -0.1) is 0 Å². The van der Waals surface area contributed by atoms with Crippen molar-refractivity contribution in [1.82, 2.24) is 24.8 Å². The third kappa shape index (κ3) is 4.46. The van der Waals surface area contributed by atoms with Crippen LogP contribution in [0.3, 0.4) is 0 Å². The maximum atomic E-state index is 4.81. The van der Waals surface area contributed by atoms with Gasteiger partial charge < -0.3 is 20.1 Å². The van der Waals surface area contributed by atoms with Crippen LogP contribution in [0.5, 0.6) is 0 Å². The van der Waals surface area contributed by atoms with E-state index in [1.54, 1.807) is 18.6 Å². The molecule has 2 aromatic heterocycles. The van der Waals surface area contributed by atoms with Crippen LogP contribution in [0, 0.1) is 0 Å². The van der Waals surface area contributed by atoms with Gasteiger partial charge in [0.1, 0.15) is 5.82 Å². The van der Waals surface area contributed by atoms with Gasteiger partial charge in [0.25, 0.3) is 0 Å². The van der Waals surface area contributed by atoms with E-state index in [4.69, 9.17) is 4.98 Å². The molecule has 5 aromatic rings. The Bertz CT molecular complexity index is 1400. The molecular weight excluding hydrogens is 434 g/mol. The summed E-state index contributed by atoms with van der Waals surface area (Å²) in [6.07, 6.45) is 5.19. The fourth-order valence-corrected chi connectivity index (χ4v) is 4.52. The van der Waals surface area contributed by atoms with Crippen molar-refractivity contribution >= 4 is 28.1 Å². The van der Waals surface area contributed by atoms with Gasteiger partial charge in [0.15, 0.2) is 0 Å².